The molecule has 0 atom stereocenters. The Morgan fingerprint density at radius 3 is 2.22 bits per heavy atom. The molecule has 1 saturated heterocycles. The van der Waals surface area contributed by atoms with Crippen molar-refractivity contribution in [3.8, 4) is 0 Å². The number of amides is 1. The molecule has 2 aliphatic rings. The maximum atomic E-state index is 12.8. The van der Waals surface area contributed by atoms with E-state index in [0.29, 0.717) is 0 Å². The Morgan fingerprint density at radius 2 is 1.78 bits per heavy atom. The second-order valence-electron chi connectivity index (χ2n) is 7.14. The van der Waals surface area contributed by atoms with Crippen LogP contribution in [-0.2, 0) is 4.79 Å². The van der Waals surface area contributed by atoms with Gasteiger partial charge < -0.3 is 10.0 Å². The smallest absolute Gasteiger partial charge is 0.380 e. The molecule has 4 nitrogen and oxygen atoms in total. The highest BCUT2D eigenvalue weighted by molar-refractivity contribution is 5.79. The number of hydrogen-bond donors (Lipinski definition) is 1. The zero-order chi connectivity index (χ0) is 17.3. The molecule has 2 rings (SSSR count). The minimum absolute atomic E-state index is 0.00986. The topological polar surface area (TPSA) is 43.8 Å². The van der Waals surface area contributed by atoms with Crippen molar-refractivity contribution in [1.29, 1.82) is 0 Å². The first-order valence-corrected chi connectivity index (χ1v) is 8.47. The van der Waals surface area contributed by atoms with Gasteiger partial charge in [0.05, 0.1) is 6.54 Å². The molecule has 0 radical (unpaired) electrons. The summed E-state index contributed by atoms with van der Waals surface area (Å²) in [6, 6.07) is 0.363. The number of aliphatic hydroxyl groups is 1. The van der Waals surface area contributed by atoms with Crippen LogP contribution in [0.3, 0.4) is 0 Å². The number of rotatable bonds is 4. The van der Waals surface area contributed by atoms with E-state index in [0.717, 1.165) is 25.7 Å². The van der Waals surface area contributed by atoms with Gasteiger partial charge in [-0.3, -0.25) is 9.69 Å². The van der Waals surface area contributed by atoms with Crippen molar-refractivity contribution in [1.82, 2.24) is 9.80 Å². The molecule has 134 valence electrons. The SMILES string of the molecule is CC(C)N(C(=O)CN1CCC(O)(C(F)(F)F)CC1)C1CCCC1. The maximum Gasteiger partial charge on any atom is 0.417 e. The summed E-state index contributed by atoms with van der Waals surface area (Å²) in [6.07, 6.45) is -1.05. The van der Waals surface area contributed by atoms with Gasteiger partial charge in [0.15, 0.2) is 5.60 Å². The number of carbonyl (C=O) groups is 1. The molecule has 0 aromatic rings. The van der Waals surface area contributed by atoms with E-state index < -0.39 is 11.8 Å². The molecule has 23 heavy (non-hydrogen) atoms. The Hall–Kier alpha value is -0.820. The summed E-state index contributed by atoms with van der Waals surface area (Å²) in [5.41, 5.74) is -2.60. The van der Waals surface area contributed by atoms with E-state index in [1.54, 1.807) is 4.90 Å². The summed E-state index contributed by atoms with van der Waals surface area (Å²) in [4.78, 5) is 16.2. The second kappa shape index (κ2) is 6.97. The number of halogens is 3. The predicted molar refractivity (Wildman–Crippen MR) is 80.9 cm³/mol. The first-order valence-electron chi connectivity index (χ1n) is 8.47. The monoisotopic (exact) mass is 336 g/mol. The summed E-state index contributed by atoms with van der Waals surface area (Å²) in [7, 11) is 0. The standard InChI is InChI=1S/C16H27F3N2O2/c1-12(2)21(13-5-3-4-6-13)14(22)11-20-9-7-15(23,8-10-20)16(17,18)19/h12-13,23H,3-11H2,1-2H3. The van der Waals surface area contributed by atoms with Crippen molar-refractivity contribution in [2.75, 3.05) is 19.6 Å². The van der Waals surface area contributed by atoms with Gasteiger partial charge in [0.25, 0.3) is 0 Å². The van der Waals surface area contributed by atoms with Crippen LogP contribution in [0.5, 0.6) is 0 Å². The molecule has 2 fully saturated rings. The minimum Gasteiger partial charge on any atom is -0.380 e. The van der Waals surface area contributed by atoms with E-state index in [2.05, 4.69) is 0 Å². The zero-order valence-electron chi connectivity index (χ0n) is 13.9. The third-order valence-corrected chi connectivity index (χ3v) is 5.13. The van der Waals surface area contributed by atoms with E-state index in [4.69, 9.17) is 0 Å². The number of carbonyl (C=O) groups excluding carboxylic acids is 1. The van der Waals surface area contributed by atoms with E-state index in [-0.39, 0.29) is 50.5 Å². The molecular weight excluding hydrogens is 309 g/mol. The van der Waals surface area contributed by atoms with Crippen LogP contribution in [-0.4, -0.2) is 64.3 Å². The Kier molecular flexibility index (Phi) is 5.61. The molecule has 1 aliphatic carbocycles. The highest BCUT2D eigenvalue weighted by Crippen LogP contribution is 2.38. The zero-order valence-corrected chi connectivity index (χ0v) is 13.9. The molecule has 0 aromatic carbocycles. The van der Waals surface area contributed by atoms with E-state index in [1.165, 1.54) is 0 Å². The number of piperidine rings is 1. The van der Waals surface area contributed by atoms with Gasteiger partial charge in [-0.2, -0.15) is 13.2 Å². The molecule has 7 heteroatoms. The summed E-state index contributed by atoms with van der Waals surface area (Å²) in [5, 5.41) is 9.68. The number of alkyl halides is 3. The van der Waals surface area contributed by atoms with Gasteiger partial charge in [0, 0.05) is 25.2 Å². The molecule has 0 unspecified atom stereocenters. The fraction of sp³-hybridized carbons (Fsp3) is 0.938. The Bertz CT molecular complexity index is 412. The number of likely N-dealkylation sites (tertiary alicyclic amines) is 1. The molecule has 1 amide bonds. The fourth-order valence-corrected chi connectivity index (χ4v) is 3.73. The van der Waals surface area contributed by atoms with Gasteiger partial charge >= 0.3 is 6.18 Å². The van der Waals surface area contributed by atoms with Gasteiger partial charge in [-0.1, -0.05) is 12.8 Å². The summed E-state index contributed by atoms with van der Waals surface area (Å²) in [6.45, 7) is 4.29. The van der Waals surface area contributed by atoms with Gasteiger partial charge in [-0.25, -0.2) is 0 Å². The van der Waals surface area contributed by atoms with Crippen LogP contribution in [0, 0.1) is 0 Å². The van der Waals surface area contributed by atoms with Crippen molar-refractivity contribution in [3.05, 3.63) is 0 Å². The quantitative estimate of drug-likeness (QED) is 0.858. The molecule has 1 saturated carbocycles. The van der Waals surface area contributed by atoms with Gasteiger partial charge in [0.1, 0.15) is 0 Å². The van der Waals surface area contributed by atoms with Crippen LogP contribution < -0.4 is 0 Å². The van der Waals surface area contributed by atoms with Crippen molar-refractivity contribution in [2.45, 2.75) is 76.2 Å². The second-order valence-corrected chi connectivity index (χ2v) is 7.14. The third kappa shape index (κ3) is 4.18. The van der Waals surface area contributed by atoms with Crippen molar-refractivity contribution >= 4 is 5.91 Å². The first-order chi connectivity index (χ1) is 10.6. The first kappa shape index (κ1) is 18.5. The van der Waals surface area contributed by atoms with Gasteiger partial charge in [0.2, 0.25) is 5.91 Å². The van der Waals surface area contributed by atoms with E-state index >= 15 is 0 Å². The van der Waals surface area contributed by atoms with Gasteiger partial charge in [-0.05, 0) is 39.5 Å². The lowest BCUT2D eigenvalue weighted by molar-refractivity contribution is -0.272. The lowest BCUT2D eigenvalue weighted by atomic mass is 9.91. The largest absolute Gasteiger partial charge is 0.417 e. The highest BCUT2D eigenvalue weighted by Gasteiger charge is 2.54. The van der Waals surface area contributed by atoms with Crippen LogP contribution in [0.4, 0.5) is 13.2 Å². The molecule has 1 aliphatic heterocycles. The Morgan fingerprint density at radius 1 is 1.26 bits per heavy atom. The van der Waals surface area contributed by atoms with Crippen LogP contribution in [0.25, 0.3) is 0 Å². The van der Waals surface area contributed by atoms with Crippen molar-refractivity contribution in [2.24, 2.45) is 0 Å². The average molecular weight is 336 g/mol. The summed E-state index contributed by atoms with van der Waals surface area (Å²) >= 11 is 0. The molecule has 1 heterocycles. The van der Waals surface area contributed by atoms with Crippen molar-refractivity contribution < 1.29 is 23.1 Å². The average Bonchev–Trinajstić information content (AvgIpc) is 2.93. The highest BCUT2D eigenvalue weighted by atomic mass is 19.4. The molecule has 0 aromatic heterocycles. The summed E-state index contributed by atoms with van der Waals surface area (Å²) < 4.78 is 38.4. The lowest BCUT2D eigenvalue weighted by Crippen LogP contribution is -2.55. The lowest BCUT2D eigenvalue weighted by Gasteiger charge is -2.40. The summed E-state index contributed by atoms with van der Waals surface area (Å²) in [5.74, 6) is -0.00986. The van der Waals surface area contributed by atoms with Crippen LogP contribution in [0.2, 0.25) is 0 Å². The maximum absolute atomic E-state index is 12.8. The molecule has 0 spiro atoms. The van der Waals surface area contributed by atoms with E-state index in [9.17, 15) is 23.1 Å². The van der Waals surface area contributed by atoms with Crippen LogP contribution >= 0.6 is 0 Å². The normalized spacial score (nSPS) is 23.4. The van der Waals surface area contributed by atoms with Crippen LogP contribution in [0.15, 0.2) is 0 Å². The van der Waals surface area contributed by atoms with E-state index in [1.807, 2.05) is 18.7 Å². The molecule has 1 N–H and O–H groups in total. The van der Waals surface area contributed by atoms with Crippen molar-refractivity contribution in [3.63, 3.8) is 0 Å². The number of hydrogen-bond acceptors (Lipinski definition) is 3. The van der Waals surface area contributed by atoms with Gasteiger partial charge in [-0.15, -0.1) is 0 Å². The number of nitrogens with zero attached hydrogens (tertiary/aromatic N) is 2. The molecular formula is C16H27F3N2O2. The Balaban J connectivity index is 1.91. The third-order valence-electron chi connectivity index (χ3n) is 5.13. The van der Waals surface area contributed by atoms with Crippen LogP contribution in [0.1, 0.15) is 52.4 Å². The Labute approximate surface area is 135 Å². The predicted octanol–water partition coefficient (Wildman–Crippen LogP) is 2.56. The molecule has 0 bridgehead atoms. The minimum atomic E-state index is -4.60. The fourth-order valence-electron chi connectivity index (χ4n) is 3.73.